The fourth-order valence-electron chi connectivity index (χ4n) is 1.32. The Bertz CT molecular complexity index is 404. The largest absolute Gasteiger partial charge is 0.329 e. The summed E-state index contributed by atoms with van der Waals surface area (Å²) >= 11 is 0. The standard InChI is InChI=1S/C8H10N4/c1-3-12-5-9-8-7(12)6(2)4-10-11-8/h4-5H,3H2,1-2H3. The molecule has 0 atom stereocenters. The summed E-state index contributed by atoms with van der Waals surface area (Å²) < 4.78 is 2.07. The minimum absolute atomic E-state index is 0.733. The minimum atomic E-state index is 0.733. The molecule has 2 heterocycles. The molecule has 0 spiro atoms. The molecule has 0 aliphatic carbocycles. The molecule has 2 aromatic rings. The van der Waals surface area contributed by atoms with Crippen LogP contribution in [-0.4, -0.2) is 19.7 Å². The molecule has 4 nitrogen and oxygen atoms in total. The number of hydrogen-bond acceptors (Lipinski definition) is 3. The molecular weight excluding hydrogens is 152 g/mol. The second-order valence-corrected chi connectivity index (χ2v) is 2.73. The van der Waals surface area contributed by atoms with Gasteiger partial charge in [0.1, 0.15) is 0 Å². The fraction of sp³-hybridized carbons (Fsp3) is 0.375. The van der Waals surface area contributed by atoms with Crippen LogP contribution in [0.5, 0.6) is 0 Å². The highest BCUT2D eigenvalue weighted by atomic mass is 15.2. The predicted molar refractivity (Wildman–Crippen MR) is 45.7 cm³/mol. The second-order valence-electron chi connectivity index (χ2n) is 2.73. The van der Waals surface area contributed by atoms with E-state index in [0.29, 0.717) is 0 Å². The van der Waals surface area contributed by atoms with E-state index in [4.69, 9.17) is 0 Å². The third kappa shape index (κ3) is 0.879. The van der Waals surface area contributed by atoms with Gasteiger partial charge in [0, 0.05) is 6.54 Å². The Morgan fingerprint density at radius 1 is 1.50 bits per heavy atom. The van der Waals surface area contributed by atoms with Crippen molar-refractivity contribution in [3.8, 4) is 0 Å². The van der Waals surface area contributed by atoms with Gasteiger partial charge in [0.25, 0.3) is 0 Å². The van der Waals surface area contributed by atoms with E-state index in [1.165, 1.54) is 0 Å². The van der Waals surface area contributed by atoms with Gasteiger partial charge in [-0.2, -0.15) is 5.10 Å². The molecule has 0 aromatic carbocycles. The van der Waals surface area contributed by atoms with Gasteiger partial charge in [-0.1, -0.05) is 0 Å². The topological polar surface area (TPSA) is 43.6 Å². The van der Waals surface area contributed by atoms with Crippen molar-refractivity contribution in [3.05, 3.63) is 18.1 Å². The van der Waals surface area contributed by atoms with Crippen molar-refractivity contribution in [1.29, 1.82) is 0 Å². The number of rotatable bonds is 1. The fourth-order valence-corrected chi connectivity index (χ4v) is 1.32. The summed E-state index contributed by atoms with van der Waals surface area (Å²) in [6, 6.07) is 0. The van der Waals surface area contributed by atoms with Crippen LogP contribution in [0.2, 0.25) is 0 Å². The average molecular weight is 162 g/mol. The van der Waals surface area contributed by atoms with Gasteiger partial charge in [-0.15, -0.1) is 5.10 Å². The highest BCUT2D eigenvalue weighted by Crippen LogP contribution is 2.12. The minimum Gasteiger partial charge on any atom is -0.329 e. The number of hydrogen-bond donors (Lipinski definition) is 0. The van der Waals surface area contributed by atoms with Crippen molar-refractivity contribution < 1.29 is 0 Å². The zero-order chi connectivity index (χ0) is 8.55. The van der Waals surface area contributed by atoms with Gasteiger partial charge in [0.05, 0.1) is 18.0 Å². The van der Waals surface area contributed by atoms with E-state index in [2.05, 4.69) is 26.7 Å². The number of imidazole rings is 1. The summed E-state index contributed by atoms with van der Waals surface area (Å²) in [6.45, 7) is 5.02. The lowest BCUT2D eigenvalue weighted by Crippen LogP contribution is -1.94. The van der Waals surface area contributed by atoms with Gasteiger partial charge in [0.2, 0.25) is 0 Å². The molecule has 2 rings (SSSR count). The number of nitrogens with zero attached hydrogens (tertiary/aromatic N) is 4. The Balaban J connectivity index is 2.83. The zero-order valence-electron chi connectivity index (χ0n) is 7.15. The lowest BCUT2D eigenvalue weighted by Gasteiger charge is -1.99. The van der Waals surface area contributed by atoms with Crippen LogP contribution in [0.15, 0.2) is 12.5 Å². The van der Waals surface area contributed by atoms with Crippen LogP contribution in [0.4, 0.5) is 0 Å². The summed E-state index contributed by atoms with van der Waals surface area (Å²) in [5.74, 6) is 0. The summed E-state index contributed by atoms with van der Waals surface area (Å²) in [5.41, 5.74) is 2.95. The van der Waals surface area contributed by atoms with E-state index >= 15 is 0 Å². The molecule has 0 fully saturated rings. The first kappa shape index (κ1) is 7.21. The quantitative estimate of drug-likeness (QED) is 0.631. The first-order valence-corrected chi connectivity index (χ1v) is 3.96. The number of aromatic nitrogens is 4. The maximum absolute atomic E-state index is 4.14. The molecule has 0 saturated heterocycles. The van der Waals surface area contributed by atoms with Crippen LogP contribution in [0, 0.1) is 6.92 Å². The van der Waals surface area contributed by atoms with Crippen molar-refractivity contribution in [2.75, 3.05) is 0 Å². The summed E-state index contributed by atoms with van der Waals surface area (Å²) in [5, 5.41) is 7.76. The van der Waals surface area contributed by atoms with Gasteiger partial charge in [-0.25, -0.2) is 4.98 Å². The molecule has 0 aliphatic heterocycles. The van der Waals surface area contributed by atoms with Gasteiger partial charge in [-0.05, 0) is 19.4 Å². The molecule has 0 N–H and O–H groups in total. The summed E-state index contributed by atoms with van der Waals surface area (Å²) in [4.78, 5) is 4.14. The van der Waals surface area contributed by atoms with Gasteiger partial charge in [-0.3, -0.25) is 0 Å². The van der Waals surface area contributed by atoms with Gasteiger partial charge >= 0.3 is 0 Å². The van der Waals surface area contributed by atoms with E-state index in [0.717, 1.165) is 23.3 Å². The Labute approximate surface area is 70.3 Å². The maximum atomic E-state index is 4.14. The third-order valence-electron chi connectivity index (χ3n) is 1.94. The molecule has 0 unspecified atom stereocenters. The lowest BCUT2D eigenvalue weighted by atomic mass is 10.3. The van der Waals surface area contributed by atoms with Crippen molar-refractivity contribution in [3.63, 3.8) is 0 Å². The first-order valence-electron chi connectivity index (χ1n) is 3.96. The molecular formula is C8H10N4. The Hall–Kier alpha value is -1.45. The van der Waals surface area contributed by atoms with E-state index in [9.17, 15) is 0 Å². The van der Waals surface area contributed by atoms with Crippen molar-refractivity contribution >= 4 is 11.2 Å². The van der Waals surface area contributed by atoms with Crippen LogP contribution < -0.4 is 0 Å². The van der Waals surface area contributed by atoms with Crippen molar-refractivity contribution in [1.82, 2.24) is 19.7 Å². The molecule has 12 heavy (non-hydrogen) atoms. The lowest BCUT2D eigenvalue weighted by molar-refractivity contribution is 0.784. The second kappa shape index (κ2) is 2.55. The highest BCUT2D eigenvalue weighted by molar-refractivity contribution is 5.73. The summed E-state index contributed by atoms with van der Waals surface area (Å²) in [6.07, 6.45) is 3.56. The van der Waals surface area contributed by atoms with E-state index in [1.807, 2.05) is 6.92 Å². The SMILES string of the molecule is CCn1cnc2nncc(C)c21. The highest BCUT2D eigenvalue weighted by Gasteiger charge is 2.04. The average Bonchev–Trinajstić information content (AvgIpc) is 2.49. The van der Waals surface area contributed by atoms with Crippen molar-refractivity contribution in [2.24, 2.45) is 0 Å². The molecule has 2 aromatic heterocycles. The van der Waals surface area contributed by atoms with Crippen LogP contribution in [0.25, 0.3) is 11.2 Å². The summed E-state index contributed by atoms with van der Waals surface area (Å²) in [7, 11) is 0. The Kier molecular flexibility index (Phi) is 1.53. The number of aryl methyl sites for hydroxylation is 2. The molecule has 0 aliphatic rings. The smallest absolute Gasteiger partial charge is 0.200 e. The predicted octanol–water partition coefficient (Wildman–Crippen LogP) is 1.15. The van der Waals surface area contributed by atoms with E-state index in [-0.39, 0.29) is 0 Å². The maximum Gasteiger partial charge on any atom is 0.200 e. The Morgan fingerprint density at radius 3 is 3.08 bits per heavy atom. The van der Waals surface area contributed by atoms with Crippen LogP contribution in [-0.2, 0) is 6.54 Å². The van der Waals surface area contributed by atoms with E-state index < -0.39 is 0 Å². The molecule has 62 valence electrons. The monoisotopic (exact) mass is 162 g/mol. The Morgan fingerprint density at radius 2 is 2.33 bits per heavy atom. The third-order valence-corrected chi connectivity index (χ3v) is 1.94. The van der Waals surface area contributed by atoms with Crippen LogP contribution in [0.1, 0.15) is 12.5 Å². The molecule has 0 radical (unpaired) electrons. The first-order chi connectivity index (χ1) is 5.83. The van der Waals surface area contributed by atoms with Crippen LogP contribution >= 0.6 is 0 Å². The molecule has 0 amide bonds. The van der Waals surface area contributed by atoms with Crippen LogP contribution in [0.3, 0.4) is 0 Å². The van der Waals surface area contributed by atoms with E-state index in [1.54, 1.807) is 12.5 Å². The van der Waals surface area contributed by atoms with Gasteiger partial charge in [0.15, 0.2) is 5.65 Å². The van der Waals surface area contributed by atoms with Crippen molar-refractivity contribution in [2.45, 2.75) is 20.4 Å². The molecule has 4 heteroatoms. The molecule has 0 saturated carbocycles. The van der Waals surface area contributed by atoms with Gasteiger partial charge < -0.3 is 4.57 Å². The number of fused-ring (bicyclic) bond motifs is 1. The normalized spacial score (nSPS) is 10.8. The zero-order valence-corrected chi connectivity index (χ0v) is 7.15. The molecule has 0 bridgehead atoms.